The summed E-state index contributed by atoms with van der Waals surface area (Å²) in [6.07, 6.45) is 7.20. The Morgan fingerprint density at radius 3 is 2.35 bits per heavy atom. The molecule has 0 aliphatic heterocycles. The van der Waals surface area contributed by atoms with Crippen LogP contribution in [0, 0.1) is 0 Å². The number of fused-ring (bicyclic) bond motifs is 1. The number of aromatic nitrogens is 2. The van der Waals surface area contributed by atoms with Crippen LogP contribution in [0.3, 0.4) is 0 Å². The Labute approximate surface area is 136 Å². The lowest BCUT2D eigenvalue weighted by Gasteiger charge is -2.17. The fraction of sp³-hybridized carbons (Fsp3) is 0.375. The van der Waals surface area contributed by atoms with E-state index in [-0.39, 0.29) is 4.90 Å². The highest BCUT2D eigenvalue weighted by atomic mass is 32.2. The normalized spacial score (nSPS) is 14.2. The zero-order chi connectivity index (χ0) is 16.4. The second kappa shape index (κ2) is 6.16. The van der Waals surface area contributed by atoms with Crippen LogP contribution in [0.1, 0.15) is 24.0 Å². The smallest absolute Gasteiger partial charge is 0.262 e. The Morgan fingerprint density at radius 2 is 1.70 bits per heavy atom. The summed E-state index contributed by atoms with van der Waals surface area (Å²) in [5, 5.41) is 0. The molecule has 0 saturated heterocycles. The lowest BCUT2D eigenvalue weighted by molar-refractivity contribution is 0.600. The van der Waals surface area contributed by atoms with Gasteiger partial charge in [0.15, 0.2) is 0 Å². The molecule has 122 valence electrons. The van der Waals surface area contributed by atoms with Crippen molar-refractivity contribution in [3.8, 4) is 0 Å². The molecule has 0 amide bonds. The van der Waals surface area contributed by atoms with Gasteiger partial charge in [-0.25, -0.2) is 18.4 Å². The van der Waals surface area contributed by atoms with Crippen molar-refractivity contribution in [2.75, 3.05) is 23.7 Å². The molecule has 3 rings (SSSR count). The quantitative estimate of drug-likeness (QED) is 0.929. The van der Waals surface area contributed by atoms with E-state index in [0.717, 1.165) is 24.8 Å². The van der Waals surface area contributed by atoms with Gasteiger partial charge in [0.1, 0.15) is 0 Å². The molecule has 0 unspecified atom stereocenters. The first-order valence-corrected chi connectivity index (χ1v) is 9.08. The van der Waals surface area contributed by atoms with Crippen molar-refractivity contribution >= 4 is 21.7 Å². The fourth-order valence-corrected chi connectivity index (χ4v) is 3.77. The maximum atomic E-state index is 12.5. The highest BCUT2D eigenvalue weighted by Gasteiger charge is 2.18. The van der Waals surface area contributed by atoms with Gasteiger partial charge in [0.05, 0.1) is 23.0 Å². The van der Waals surface area contributed by atoms with Crippen LogP contribution < -0.4 is 9.62 Å². The highest BCUT2D eigenvalue weighted by molar-refractivity contribution is 7.92. The third-order valence-corrected chi connectivity index (χ3v) is 5.30. The van der Waals surface area contributed by atoms with Crippen molar-refractivity contribution in [2.45, 2.75) is 30.6 Å². The number of anilines is 2. The lowest BCUT2D eigenvalue weighted by Crippen LogP contribution is -2.16. The first-order chi connectivity index (χ1) is 11.0. The topological polar surface area (TPSA) is 75.2 Å². The number of sulfonamides is 1. The Kier molecular flexibility index (Phi) is 4.21. The van der Waals surface area contributed by atoms with E-state index in [1.54, 1.807) is 17.0 Å². The zero-order valence-electron chi connectivity index (χ0n) is 13.3. The zero-order valence-corrected chi connectivity index (χ0v) is 14.1. The fourth-order valence-electron chi connectivity index (χ4n) is 2.70. The highest BCUT2D eigenvalue weighted by Crippen LogP contribution is 2.25. The summed E-state index contributed by atoms with van der Waals surface area (Å²) in [5.74, 6) is 0.529. The van der Waals surface area contributed by atoms with E-state index < -0.39 is 10.0 Å². The monoisotopic (exact) mass is 332 g/mol. The molecular weight excluding hydrogens is 312 g/mol. The molecule has 1 aliphatic rings. The summed E-state index contributed by atoms with van der Waals surface area (Å²) >= 11 is 0. The van der Waals surface area contributed by atoms with Gasteiger partial charge < -0.3 is 4.90 Å². The van der Waals surface area contributed by atoms with Gasteiger partial charge >= 0.3 is 0 Å². The van der Waals surface area contributed by atoms with Gasteiger partial charge in [-0.2, -0.15) is 0 Å². The molecule has 7 heteroatoms. The van der Waals surface area contributed by atoms with Gasteiger partial charge in [-0.05, 0) is 48.9 Å². The molecule has 1 aromatic heterocycles. The van der Waals surface area contributed by atoms with Crippen molar-refractivity contribution in [2.24, 2.45) is 0 Å². The number of rotatable bonds is 4. The largest absolute Gasteiger partial charge is 0.347 e. The molecule has 0 fully saturated rings. The summed E-state index contributed by atoms with van der Waals surface area (Å²) in [5.41, 5.74) is 2.75. The van der Waals surface area contributed by atoms with Gasteiger partial charge in [0.25, 0.3) is 10.0 Å². The average molecular weight is 332 g/mol. The average Bonchev–Trinajstić information content (AvgIpc) is 2.54. The van der Waals surface area contributed by atoms with Crippen LogP contribution in [-0.2, 0) is 22.9 Å². The van der Waals surface area contributed by atoms with E-state index in [1.807, 2.05) is 20.2 Å². The molecule has 6 nitrogen and oxygen atoms in total. The number of nitrogens with zero attached hydrogens (tertiary/aromatic N) is 3. The van der Waals surface area contributed by atoms with Gasteiger partial charge in [-0.3, -0.25) is 4.72 Å². The molecule has 1 aromatic carbocycles. The van der Waals surface area contributed by atoms with E-state index in [9.17, 15) is 8.42 Å². The summed E-state index contributed by atoms with van der Waals surface area (Å²) < 4.78 is 27.6. The van der Waals surface area contributed by atoms with Gasteiger partial charge in [-0.1, -0.05) is 6.07 Å². The van der Waals surface area contributed by atoms with Crippen molar-refractivity contribution in [1.29, 1.82) is 0 Å². The second-order valence-electron chi connectivity index (χ2n) is 5.91. The van der Waals surface area contributed by atoms with Crippen LogP contribution >= 0.6 is 0 Å². The number of hydrogen-bond acceptors (Lipinski definition) is 5. The van der Waals surface area contributed by atoms with Crippen molar-refractivity contribution < 1.29 is 8.42 Å². The molecule has 1 aliphatic carbocycles. The molecule has 2 aromatic rings. The predicted octanol–water partition coefficient (Wildman–Crippen LogP) is 2.22. The Balaban J connectivity index is 1.84. The Hall–Kier alpha value is -2.15. The lowest BCUT2D eigenvalue weighted by atomic mass is 9.92. The van der Waals surface area contributed by atoms with Crippen molar-refractivity contribution in [3.63, 3.8) is 0 Å². The van der Waals surface area contributed by atoms with Crippen LogP contribution in [0.4, 0.5) is 11.6 Å². The molecule has 0 radical (unpaired) electrons. The Morgan fingerprint density at radius 1 is 1.04 bits per heavy atom. The molecule has 1 heterocycles. The molecule has 1 N–H and O–H groups in total. The first-order valence-electron chi connectivity index (χ1n) is 7.60. The van der Waals surface area contributed by atoms with E-state index >= 15 is 0 Å². The Bertz CT molecular complexity index is 801. The standard InChI is InChI=1S/C16H20N4O2S/c1-20(2)16-17-10-14(11-18-16)19-23(21,22)15-8-7-12-5-3-4-6-13(12)9-15/h7-11,19H,3-6H2,1-2H3. The maximum absolute atomic E-state index is 12.5. The summed E-state index contributed by atoms with van der Waals surface area (Å²) in [7, 11) is 0.0279. The number of nitrogens with one attached hydrogen (secondary N) is 1. The van der Waals surface area contributed by atoms with Crippen LogP contribution in [-0.4, -0.2) is 32.5 Å². The van der Waals surface area contributed by atoms with E-state index in [4.69, 9.17) is 0 Å². The minimum atomic E-state index is -3.62. The first kappa shape index (κ1) is 15.7. The van der Waals surface area contributed by atoms with Crippen LogP contribution in [0.2, 0.25) is 0 Å². The predicted molar refractivity (Wildman–Crippen MR) is 90.3 cm³/mol. The SMILES string of the molecule is CN(C)c1ncc(NS(=O)(=O)c2ccc3c(c2)CCCC3)cn1. The molecular formula is C16H20N4O2S. The number of benzene rings is 1. The van der Waals surface area contributed by atoms with Gasteiger partial charge in [0, 0.05) is 14.1 Å². The molecule has 0 saturated carbocycles. The van der Waals surface area contributed by atoms with Crippen molar-refractivity contribution in [3.05, 3.63) is 41.7 Å². The van der Waals surface area contributed by atoms with Crippen molar-refractivity contribution in [1.82, 2.24) is 9.97 Å². The summed E-state index contributed by atoms with van der Waals surface area (Å²) in [4.78, 5) is 10.3. The second-order valence-corrected chi connectivity index (χ2v) is 7.59. The molecule has 0 spiro atoms. The maximum Gasteiger partial charge on any atom is 0.262 e. The third kappa shape index (κ3) is 3.44. The van der Waals surface area contributed by atoms with E-state index in [0.29, 0.717) is 11.6 Å². The van der Waals surface area contributed by atoms with Crippen LogP contribution in [0.15, 0.2) is 35.5 Å². The summed E-state index contributed by atoms with van der Waals surface area (Å²) in [6, 6.07) is 5.38. The molecule has 23 heavy (non-hydrogen) atoms. The molecule has 0 atom stereocenters. The van der Waals surface area contributed by atoms with E-state index in [2.05, 4.69) is 14.7 Å². The van der Waals surface area contributed by atoms with Gasteiger partial charge in [0.2, 0.25) is 5.95 Å². The minimum Gasteiger partial charge on any atom is -0.347 e. The van der Waals surface area contributed by atoms with Gasteiger partial charge in [-0.15, -0.1) is 0 Å². The molecule has 0 bridgehead atoms. The third-order valence-electron chi connectivity index (χ3n) is 3.92. The number of aryl methyl sites for hydroxylation is 2. The van der Waals surface area contributed by atoms with E-state index in [1.165, 1.54) is 24.4 Å². The minimum absolute atomic E-state index is 0.287. The number of hydrogen-bond donors (Lipinski definition) is 1. The summed E-state index contributed by atoms with van der Waals surface area (Å²) in [6.45, 7) is 0. The van der Waals surface area contributed by atoms with Crippen LogP contribution in [0.5, 0.6) is 0 Å². The van der Waals surface area contributed by atoms with Crippen LogP contribution in [0.25, 0.3) is 0 Å².